The summed E-state index contributed by atoms with van der Waals surface area (Å²) in [5.41, 5.74) is 1.79. The molecular formula is C28H28N2O7. The van der Waals surface area contributed by atoms with E-state index in [2.05, 4.69) is 0 Å². The van der Waals surface area contributed by atoms with Crippen LogP contribution in [0, 0.1) is 5.92 Å². The first-order valence-corrected chi connectivity index (χ1v) is 11.9. The number of para-hydroxylation sites is 1. The van der Waals surface area contributed by atoms with Gasteiger partial charge in [-0.15, -0.1) is 0 Å². The van der Waals surface area contributed by atoms with E-state index in [1.165, 1.54) is 26.2 Å². The zero-order chi connectivity index (χ0) is 26.1. The Morgan fingerprint density at radius 2 is 1.49 bits per heavy atom. The van der Waals surface area contributed by atoms with Gasteiger partial charge in [0.2, 0.25) is 11.7 Å². The Labute approximate surface area is 215 Å². The summed E-state index contributed by atoms with van der Waals surface area (Å²) in [4.78, 5) is 34.9. The molecule has 9 nitrogen and oxygen atoms in total. The number of hydroxylamine groups is 1. The van der Waals surface area contributed by atoms with Crippen molar-refractivity contribution in [3.8, 4) is 23.0 Å². The van der Waals surface area contributed by atoms with Crippen molar-refractivity contribution in [2.75, 3.05) is 37.9 Å². The number of methoxy groups -OCH3 is 3. The Balaban J connectivity index is 1.61. The maximum atomic E-state index is 13.9. The standard InChI is InChI=1S/C28H28N2O7/c1-5-36-19-13-11-17(12-14-19)29-27(31)22-23(20-15-16-21(33-2)25(35-4)24(20)34-3)30(37-26(22)28(29)32)18-9-7-6-8-10-18/h6-16,22-23,26H,5H2,1-4H3/t22-,23+,26-/m1/s1. The van der Waals surface area contributed by atoms with E-state index in [1.54, 1.807) is 35.4 Å². The zero-order valence-electron chi connectivity index (χ0n) is 21.0. The number of carbonyl (C=O) groups is 2. The van der Waals surface area contributed by atoms with Gasteiger partial charge in [-0.05, 0) is 55.5 Å². The second kappa shape index (κ2) is 10.0. The normalized spacial score (nSPS) is 20.7. The minimum Gasteiger partial charge on any atom is -0.494 e. The predicted octanol–water partition coefficient (Wildman–Crippen LogP) is 4.16. The fourth-order valence-electron chi connectivity index (χ4n) is 5.00. The summed E-state index contributed by atoms with van der Waals surface area (Å²) in [5.74, 6) is 0.309. The van der Waals surface area contributed by atoms with Gasteiger partial charge in [-0.2, -0.15) is 0 Å². The first-order valence-electron chi connectivity index (χ1n) is 11.9. The lowest BCUT2D eigenvalue weighted by atomic mass is 9.89. The summed E-state index contributed by atoms with van der Waals surface area (Å²) in [6.45, 7) is 2.41. The number of hydrogen-bond donors (Lipinski definition) is 0. The minimum absolute atomic E-state index is 0.362. The van der Waals surface area contributed by atoms with Crippen LogP contribution in [0.15, 0.2) is 66.7 Å². The van der Waals surface area contributed by atoms with Crippen molar-refractivity contribution in [3.63, 3.8) is 0 Å². The molecule has 2 heterocycles. The Hall–Kier alpha value is -4.24. The largest absolute Gasteiger partial charge is 0.494 e. The van der Waals surface area contributed by atoms with Gasteiger partial charge in [0.05, 0.1) is 39.3 Å². The molecule has 0 spiro atoms. The van der Waals surface area contributed by atoms with Crippen molar-refractivity contribution in [3.05, 3.63) is 72.3 Å². The van der Waals surface area contributed by atoms with Crippen LogP contribution < -0.4 is 28.9 Å². The summed E-state index contributed by atoms with van der Waals surface area (Å²) in [7, 11) is 4.58. The van der Waals surface area contributed by atoms with E-state index in [1.807, 2.05) is 43.3 Å². The number of hydrogen-bond acceptors (Lipinski definition) is 8. The number of carbonyl (C=O) groups excluding carboxylic acids is 2. The fraction of sp³-hybridized carbons (Fsp3) is 0.286. The molecule has 0 radical (unpaired) electrons. The van der Waals surface area contributed by atoms with E-state index >= 15 is 0 Å². The van der Waals surface area contributed by atoms with Gasteiger partial charge in [0.25, 0.3) is 5.91 Å². The Kier molecular flexibility index (Phi) is 6.62. The molecule has 0 N–H and O–H groups in total. The molecule has 192 valence electrons. The van der Waals surface area contributed by atoms with E-state index in [9.17, 15) is 9.59 Å². The van der Waals surface area contributed by atoms with Crippen molar-refractivity contribution >= 4 is 23.2 Å². The maximum absolute atomic E-state index is 13.9. The van der Waals surface area contributed by atoms with Crippen molar-refractivity contribution in [1.29, 1.82) is 0 Å². The van der Waals surface area contributed by atoms with Crippen LogP contribution in [0.1, 0.15) is 18.5 Å². The van der Waals surface area contributed by atoms with Crippen LogP contribution in [0.2, 0.25) is 0 Å². The molecule has 2 aliphatic heterocycles. The fourth-order valence-corrected chi connectivity index (χ4v) is 5.00. The minimum atomic E-state index is -1.01. The molecule has 5 rings (SSSR count). The molecule has 0 bridgehead atoms. The van der Waals surface area contributed by atoms with E-state index in [0.29, 0.717) is 46.5 Å². The SMILES string of the molecule is CCOc1ccc(N2C(=O)[C@H]3[C@@H](ON(c4ccccc4)[C@H]3c3ccc(OC)c(OC)c3OC)C2=O)cc1. The van der Waals surface area contributed by atoms with Gasteiger partial charge in [-0.25, -0.2) is 9.96 Å². The second-order valence-electron chi connectivity index (χ2n) is 8.52. The molecule has 2 fully saturated rings. The van der Waals surface area contributed by atoms with Crippen LogP contribution in [0.3, 0.4) is 0 Å². The molecule has 3 aromatic carbocycles. The summed E-state index contributed by atoms with van der Waals surface area (Å²) >= 11 is 0. The maximum Gasteiger partial charge on any atom is 0.266 e. The van der Waals surface area contributed by atoms with Gasteiger partial charge in [0.15, 0.2) is 17.6 Å². The van der Waals surface area contributed by atoms with Gasteiger partial charge in [-0.1, -0.05) is 18.2 Å². The number of amides is 2. The summed E-state index contributed by atoms with van der Waals surface area (Å²) in [6, 6.07) is 19.1. The van der Waals surface area contributed by atoms with E-state index < -0.39 is 24.0 Å². The van der Waals surface area contributed by atoms with Crippen LogP contribution in [-0.2, 0) is 14.4 Å². The predicted molar refractivity (Wildman–Crippen MR) is 136 cm³/mol. The number of imide groups is 1. The van der Waals surface area contributed by atoms with Gasteiger partial charge < -0.3 is 18.9 Å². The molecule has 0 unspecified atom stereocenters. The van der Waals surface area contributed by atoms with Crippen LogP contribution in [0.4, 0.5) is 11.4 Å². The van der Waals surface area contributed by atoms with Gasteiger partial charge in [-0.3, -0.25) is 14.4 Å². The molecule has 2 aliphatic rings. The number of ether oxygens (including phenoxy) is 4. The smallest absolute Gasteiger partial charge is 0.266 e. The van der Waals surface area contributed by atoms with Crippen LogP contribution in [0.5, 0.6) is 23.0 Å². The summed E-state index contributed by atoms with van der Waals surface area (Å²) < 4.78 is 22.3. The molecule has 3 aromatic rings. The number of nitrogens with zero attached hydrogens (tertiary/aromatic N) is 2. The molecule has 2 saturated heterocycles. The molecule has 2 amide bonds. The number of fused-ring (bicyclic) bond motifs is 1. The van der Waals surface area contributed by atoms with E-state index in [-0.39, 0.29) is 5.91 Å². The average molecular weight is 505 g/mol. The Bertz CT molecular complexity index is 1300. The molecule has 0 aliphatic carbocycles. The highest BCUT2D eigenvalue weighted by molar-refractivity contribution is 6.24. The number of rotatable bonds is 8. The van der Waals surface area contributed by atoms with Crippen LogP contribution >= 0.6 is 0 Å². The highest BCUT2D eigenvalue weighted by Gasteiger charge is 2.61. The second-order valence-corrected chi connectivity index (χ2v) is 8.52. The zero-order valence-corrected chi connectivity index (χ0v) is 21.0. The van der Waals surface area contributed by atoms with Crippen molar-refractivity contribution in [2.45, 2.75) is 19.1 Å². The van der Waals surface area contributed by atoms with Crippen molar-refractivity contribution in [1.82, 2.24) is 0 Å². The molecule has 9 heteroatoms. The van der Waals surface area contributed by atoms with Crippen LogP contribution in [0.25, 0.3) is 0 Å². The topological polar surface area (TPSA) is 86.8 Å². The molecular weight excluding hydrogens is 476 g/mol. The Morgan fingerprint density at radius 1 is 0.784 bits per heavy atom. The third kappa shape index (κ3) is 4.01. The van der Waals surface area contributed by atoms with Crippen molar-refractivity contribution < 1.29 is 33.4 Å². The van der Waals surface area contributed by atoms with E-state index in [0.717, 1.165) is 0 Å². The van der Waals surface area contributed by atoms with Crippen molar-refractivity contribution in [2.24, 2.45) is 5.92 Å². The lowest BCUT2D eigenvalue weighted by Gasteiger charge is -2.30. The highest BCUT2D eigenvalue weighted by Crippen LogP contribution is 2.52. The lowest BCUT2D eigenvalue weighted by molar-refractivity contribution is -0.126. The number of benzene rings is 3. The van der Waals surface area contributed by atoms with Crippen LogP contribution in [-0.4, -0.2) is 45.9 Å². The quantitative estimate of drug-likeness (QED) is 0.423. The molecule has 0 saturated carbocycles. The summed E-state index contributed by atoms with van der Waals surface area (Å²) in [6.07, 6.45) is -1.01. The van der Waals surface area contributed by atoms with Gasteiger partial charge in [0, 0.05) is 5.56 Å². The average Bonchev–Trinajstić information content (AvgIpc) is 3.44. The monoisotopic (exact) mass is 504 g/mol. The number of anilines is 2. The molecule has 37 heavy (non-hydrogen) atoms. The first kappa shape index (κ1) is 24.5. The third-order valence-corrected chi connectivity index (χ3v) is 6.59. The highest BCUT2D eigenvalue weighted by atomic mass is 16.7. The first-order chi connectivity index (χ1) is 18.0. The van der Waals surface area contributed by atoms with Gasteiger partial charge in [0.1, 0.15) is 17.7 Å². The molecule has 3 atom stereocenters. The lowest BCUT2D eigenvalue weighted by Crippen LogP contribution is -2.37. The Morgan fingerprint density at radius 3 is 2.11 bits per heavy atom. The third-order valence-electron chi connectivity index (χ3n) is 6.59. The van der Waals surface area contributed by atoms with E-state index in [4.69, 9.17) is 23.8 Å². The summed E-state index contributed by atoms with van der Waals surface area (Å²) in [5, 5.41) is 1.62. The van der Waals surface area contributed by atoms with Gasteiger partial charge >= 0.3 is 0 Å². The molecule has 0 aromatic heterocycles.